The summed E-state index contributed by atoms with van der Waals surface area (Å²) in [6.45, 7) is 3.00. The summed E-state index contributed by atoms with van der Waals surface area (Å²) in [5.41, 5.74) is 1.70. The van der Waals surface area contributed by atoms with Gasteiger partial charge in [-0.05, 0) is 36.2 Å². The van der Waals surface area contributed by atoms with Gasteiger partial charge in [-0.2, -0.15) is 0 Å². The Kier molecular flexibility index (Phi) is 7.04. The highest BCUT2D eigenvalue weighted by atomic mass is 16.5. The summed E-state index contributed by atoms with van der Waals surface area (Å²) in [5, 5.41) is 5.79. The molecule has 0 radical (unpaired) electrons. The minimum atomic E-state index is -0.257. The molecule has 128 valence electrons. The molecule has 6 heteroatoms. The summed E-state index contributed by atoms with van der Waals surface area (Å²) in [6.07, 6.45) is 4.23. The molecule has 1 atom stereocenters. The lowest BCUT2D eigenvalue weighted by Gasteiger charge is -2.18. The van der Waals surface area contributed by atoms with Gasteiger partial charge in [-0.15, -0.1) is 0 Å². The smallest absolute Gasteiger partial charge is 0.319 e. The Bertz CT molecular complexity index is 634. The standard InChI is InChI=1S/C18H23N3O3/c1-3-17(14-7-9-19-10-8-14)21-18(22)20-15-5-4-6-16(13-15)24-12-11-23-2/h4-10,13,17H,3,11-12H2,1-2H3,(H2,20,21,22). The van der Waals surface area contributed by atoms with Crippen molar-refractivity contribution < 1.29 is 14.3 Å². The molecule has 0 bridgehead atoms. The lowest BCUT2D eigenvalue weighted by Crippen LogP contribution is -2.32. The van der Waals surface area contributed by atoms with Crippen molar-refractivity contribution >= 4 is 11.7 Å². The van der Waals surface area contributed by atoms with Crippen molar-refractivity contribution in [2.24, 2.45) is 0 Å². The second kappa shape index (κ2) is 9.52. The van der Waals surface area contributed by atoms with Crippen LogP contribution in [-0.4, -0.2) is 31.3 Å². The lowest BCUT2D eigenvalue weighted by molar-refractivity contribution is 0.146. The van der Waals surface area contributed by atoms with Crippen LogP contribution in [-0.2, 0) is 4.74 Å². The summed E-state index contributed by atoms with van der Waals surface area (Å²) in [5.74, 6) is 0.686. The molecule has 1 aromatic heterocycles. The number of aromatic nitrogens is 1. The summed E-state index contributed by atoms with van der Waals surface area (Å²) in [6, 6.07) is 10.8. The Labute approximate surface area is 142 Å². The van der Waals surface area contributed by atoms with Crippen LogP contribution in [0.4, 0.5) is 10.5 Å². The second-order valence-corrected chi connectivity index (χ2v) is 5.21. The van der Waals surface area contributed by atoms with Gasteiger partial charge < -0.3 is 20.1 Å². The minimum absolute atomic E-state index is 0.0610. The molecule has 0 saturated heterocycles. The van der Waals surface area contributed by atoms with Crippen molar-refractivity contribution in [3.05, 3.63) is 54.4 Å². The zero-order chi connectivity index (χ0) is 17.2. The fraction of sp³-hybridized carbons (Fsp3) is 0.333. The molecule has 0 fully saturated rings. The molecule has 2 N–H and O–H groups in total. The van der Waals surface area contributed by atoms with E-state index in [2.05, 4.69) is 15.6 Å². The van der Waals surface area contributed by atoms with Crippen LogP contribution in [0.3, 0.4) is 0 Å². The number of carbonyl (C=O) groups is 1. The van der Waals surface area contributed by atoms with Gasteiger partial charge in [0.15, 0.2) is 0 Å². The molecule has 0 aliphatic heterocycles. The number of nitrogens with one attached hydrogen (secondary N) is 2. The molecule has 24 heavy (non-hydrogen) atoms. The number of benzene rings is 1. The molecule has 2 rings (SSSR count). The quantitative estimate of drug-likeness (QED) is 0.728. The Morgan fingerprint density at radius 1 is 1.21 bits per heavy atom. The first kappa shape index (κ1) is 17.7. The largest absolute Gasteiger partial charge is 0.491 e. The maximum Gasteiger partial charge on any atom is 0.319 e. The first-order chi connectivity index (χ1) is 11.7. The van der Waals surface area contributed by atoms with Crippen LogP contribution < -0.4 is 15.4 Å². The van der Waals surface area contributed by atoms with E-state index in [0.29, 0.717) is 24.7 Å². The first-order valence-corrected chi connectivity index (χ1v) is 7.92. The highest BCUT2D eigenvalue weighted by Crippen LogP contribution is 2.19. The van der Waals surface area contributed by atoms with Crippen molar-refractivity contribution in [3.8, 4) is 5.75 Å². The number of ether oxygens (including phenoxy) is 2. The molecule has 0 aliphatic carbocycles. The van der Waals surface area contributed by atoms with E-state index in [1.54, 1.807) is 25.6 Å². The third-order valence-electron chi connectivity index (χ3n) is 3.47. The molecule has 0 saturated carbocycles. The van der Waals surface area contributed by atoms with Crippen molar-refractivity contribution in [2.45, 2.75) is 19.4 Å². The van der Waals surface area contributed by atoms with E-state index in [4.69, 9.17) is 9.47 Å². The van der Waals surface area contributed by atoms with Gasteiger partial charge in [0.25, 0.3) is 0 Å². The van der Waals surface area contributed by atoms with Crippen LogP contribution in [0.15, 0.2) is 48.8 Å². The van der Waals surface area contributed by atoms with E-state index in [-0.39, 0.29) is 12.1 Å². The number of nitrogens with zero attached hydrogens (tertiary/aromatic N) is 1. The fourth-order valence-electron chi connectivity index (χ4n) is 2.25. The number of anilines is 1. The van der Waals surface area contributed by atoms with Crippen LogP contribution in [0, 0.1) is 0 Å². The second-order valence-electron chi connectivity index (χ2n) is 5.21. The van der Waals surface area contributed by atoms with Crippen LogP contribution in [0.1, 0.15) is 24.9 Å². The molecule has 1 unspecified atom stereocenters. The summed E-state index contributed by atoms with van der Waals surface area (Å²) in [4.78, 5) is 16.2. The fourth-order valence-corrected chi connectivity index (χ4v) is 2.25. The highest BCUT2D eigenvalue weighted by molar-refractivity contribution is 5.89. The number of urea groups is 1. The molecule has 0 aliphatic rings. The van der Waals surface area contributed by atoms with Crippen LogP contribution >= 0.6 is 0 Å². The zero-order valence-corrected chi connectivity index (χ0v) is 14.0. The normalized spacial score (nSPS) is 11.6. The van der Waals surface area contributed by atoms with Crippen molar-refractivity contribution in [3.63, 3.8) is 0 Å². The highest BCUT2D eigenvalue weighted by Gasteiger charge is 2.12. The SMILES string of the molecule is CCC(NC(=O)Nc1cccc(OCCOC)c1)c1ccncc1. The van der Waals surface area contributed by atoms with E-state index < -0.39 is 0 Å². The molecule has 1 aromatic carbocycles. The third kappa shape index (κ3) is 5.55. The van der Waals surface area contributed by atoms with Crippen molar-refractivity contribution in [1.29, 1.82) is 0 Å². The Morgan fingerprint density at radius 2 is 2.00 bits per heavy atom. The number of carbonyl (C=O) groups excluding carboxylic acids is 1. The topological polar surface area (TPSA) is 72.5 Å². The van der Waals surface area contributed by atoms with Crippen LogP contribution in [0.2, 0.25) is 0 Å². The maximum atomic E-state index is 12.2. The number of amides is 2. The van der Waals surface area contributed by atoms with Gasteiger partial charge in [-0.3, -0.25) is 4.98 Å². The monoisotopic (exact) mass is 329 g/mol. The Hall–Kier alpha value is -2.60. The third-order valence-corrected chi connectivity index (χ3v) is 3.47. The molecular formula is C18H23N3O3. The van der Waals surface area contributed by atoms with Crippen LogP contribution in [0.5, 0.6) is 5.75 Å². The van der Waals surface area contributed by atoms with E-state index in [0.717, 1.165) is 12.0 Å². The van der Waals surface area contributed by atoms with E-state index >= 15 is 0 Å². The van der Waals surface area contributed by atoms with Gasteiger partial charge in [0, 0.05) is 31.3 Å². The molecule has 2 amide bonds. The first-order valence-electron chi connectivity index (χ1n) is 7.92. The molecule has 1 heterocycles. The Morgan fingerprint density at radius 3 is 2.71 bits per heavy atom. The molecule has 6 nitrogen and oxygen atoms in total. The Balaban J connectivity index is 1.92. The summed E-state index contributed by atoms with van der Waals surface area (Å²) >= 11 is 0. The van der Waals surface area contributed by atoms with Crippen molar-refractivity contribution in [2.75, 3.05) is 25.6 Å². The average molecular weight is 329 g/mol. The average Bonchev–Trinajstić information content (AvgIpc) is 2.61. The number of hydrogen-bond donors (Lipinski definition) is 2. The maximum absolute atomic E-state index is 12.2. The van der Waals surface area contributed by atoms with Gasteiger partial charge in [-0.25, -0.2) is 4.79 Å². The summed E-state index contributed by atoms with van der Waals surface area (Å²) in [7, 11) is 1.62. The lowest BCUT2D eigenvalue weighted by atomic mass is 10.1. The zero-order valence-electron chi connectivity index (χ0n) is 14.0. The minimum Gasteiger partial charge on any atom is -0.491 e. The predicted octanol–water partition coefficient (Wildman–Crippen LogP) is 3.38. The van der Waals surface area contributed by atoms with E-state index in [1.165, 1.54) is 0 Å². The van der Waals surface area contributed by atoms with Gasteiger partial charge in [-0.1, -0.05) is 13.0 Å². The predicted molar refractivity (Wildman–Crippen MR) is 93.2 cm³/mol. The van der Waals surface area contributed by atoms with Gasteiger partial charge in [0.1, 0.15) is 12.4 Å². The van der Waals surface area contributed by atoms with Crippen LogP contribution in [0.25, 0.3) is 0 Å². The van der Waals surface area contributed by atoms with E-state index in [9.17, 15) is 4.79 Å². The van der Waals surface area contributed by atoms with Crippen molar-refractivity contribution in [1.82, 2.24) is 10.3 Å². The van der Waals surface area contributed by atoms with Gasteiger partial charge in [0.05, 0.1) is 12.6 Å². The van der Waals surface area contributed by atoms with E-state index in [1.807, 2.05) is 37.3 Å². The number of pyridine rings is 1. The summed E-state index contributed by atoms with van der Waals surface area (Å²) < 4.78 is 10.5. The van der Waals surface area contributed by atoms with Gasteiger partial charge in [0.2, 0.25) is 0 Å². The number of hydrogen-bond acceptors (Lipinski definition) is 4. The number of rotatable bonds is 8. The molecule has 0 spiro atoms. The molecule has 2 aromatic rings. The number of methoxy groups -OCH3 is 1. The molecular weight excluding hydrogens is 306 g/mol. The van der Waals surface area contributed by atoms with Gasteiger partial charge >= 0.3 is 6.03 Å².